The average molecular weight is 233 g/mol. The maximum absolute atomic E-state index is 9.05. The Hall–Kier alpha value is -2.78. The number of nitriles is 2. The van der Waals surface area contributed by atoms with E-state index in [0.29, 0.717) is 11.1 Å². The molecule has 0 aliphatic carbocycles. The number of hydrogen-bond donors (Lipinski definition) is 1. The van der Waals surface area contributed by atoms with Gasteiger partial charge in [0.1, 0.15) is 6.07 Å². The van der Waals surface area contributed by atoms with Crippen LogP contribution in [0.25, 0.3) is 0 Å². The van der Waals surface area contributed by atoms with Gasteiger partial charge in [0.15, 0.2) is 0 Å². The molecule has 0 atom stereocenters. The molecule has 0 unspecified atom stereocenters. The summed E-state index contributed by atoms with van der Waals surface area (Å²) in [6.07, 6.45) is 0. The molecule has 18 heavy (non-hydrogen) atoms. The van der Waals surface area contributed by atoms with Crippen LogP contribution in [-0.4, -0.2) is 0 Å². The molecule has 0 heterocycles. The van der Waals surface area contributed by atoms with Gasteiger partial charge in [0, 0.05) is 5.69 Å². The van der Waals surface area contributed by atoms with E-state index in [4.69, 9.17) is 10.5 Å². The van der Waals surface area contributed by atoms with Crippen molar-refractivity contribution in [3.05, 3.63) is 59.2 Å². The molecule has 0 aliphatic rings. The van der Waals surface area contributed by atoms with Gasteiger partial charge in [0.25, 0.3) is 0 Å². The number of aryl methyl sites for hydroxylation is 1. The highest BCUT2D eigenvalue weighted by Gasteiger charge is 2.03. The van der Waals surface area contributed by atoms with Crippen molar-refractivity contribution in [1.29, 1.82) is 10.5 Å². The SMILES string of the molecule is Cc1ccc(C#N)c(Nc2cccc(C#N)c2)c1. The number of nitrogens with zero attached hydrogens (tertiary/aromatic N) is 2. The minimum absolute atomic E-state index is 0.586. The molecule has 0 fully saturated rings. The molecule has 2 aromatic rings. The van der Waals surface area contributed by atoms with Gasteiger partial charge in [-0.25, -0.2) is 0 Å². The third kappa shape index (κ3) is 2.48. The maximum Gasteiger partial charge on any atom is 0.101 e. The molecule has 0 radical (unpaired) electrons. The standard InChI is InChI=1S/C15H11N3/c1-11-5-6-13(10-17)15(7-11)18-14-4-2-3-12(8-14)9-16/h2-8,18H,1H3. The van der Waals surface area contributed by atoms with Gasteiger partial charge in [0.05, 0.1) is 22.9 Å². The number of anilines is 2. The van der Waals surface area contributed by atoms with Crippen LogP contribution in [0, 0.1) is 29.6 Å². The van der Waals surface area contributed by atoms with Gasteiger partial charge in [-0.1, -0.05) is 12.1 Å². The van der Waals surface area contributed by atoms with Crippen molar-refractivity contribution < 1.29 is 0 Å². The van der Waals surface area contributed by atoms with Crippen LogP contribution in [0.15, 0.2) is 42.5 Å². The van der Waals surface area contributed by atoms with Crippen LogP contribution >= 0.6 is 0 Å². The molecular formula is C15H11N3. The second kappa shape index (κ2) is 5.03. The van der Waals surface area contributed by atoms with Crippen molar-refractivity contribution in [3.8, 4) is 12.1 Å². The van der Waals surface area contributed by atoms with Crippen LogP contribution in [0.5, 0.6) is 0 Å². The largest absolute Gasteiger partial charge is 0.354 e. The van der Waals surface area contributed by atoms with Crippen molar-refractivity contribution in [2.75, 3.05) is 5.32 Å². The van der Waals surface area contributed by atoms with Gasteiger partial charge in [-0.05, 0) is 42.8 Å². The predicted molar refractivity (Wildman–Crippen MR) is 70.3 cm³/mol. The average Bonchev–Trinajstić information content (AvgIpc) is 2.39. The van der Waals surface area contributed by atoms with Crippen LogP contribution in [0.2, 0.25) is 0 Å². The summed E-state index contributed by atoms with van der Waals surface area (Å²) >= 11 is 0. The lowest BCUT2D eigenvalue weighted by Gasteiger charge is -2.09. The zero-order valence-corrected chi connectivity index (χ0v) is 9.94. The minimum Gasteiger partial charge on any atom is -0.354 e. The van der Waals surface area contributed by atoms with E-state index in [1.165, 1.54) is 0 Å². The number of hydrogen-bond acceptors (Lipinski definition) is 3. The number of nitrogens with one attached hydrogen (secondary N) is 1. The molecule has 0 spiro atoms. The van der Waals surface area contributed by atoms with E-state index in [1.54, 1.807) is 18.2 Å². The molecule has 2 rings (SSSR count). The summed E-state index contributed by atoms with van der Waals surface area (Å²) < 4.78 is 0. The van der Waals surface area contributed by atoms with Crippen molar-refractivity contribution in [2.24, 2.45) is 0 Å². The minimum atomic E-state index is 0.586. The van der Waals surface area contributed by atoms with Gasteiger partial charge in [-0.2, -0.15) is 10.5 Å². The lowest BCUT2D eigenvalue weighted by molar-refractivity contribution is 1.40. The summed E-state index contributed by atoms with van der Waals surface area (Å²) in [4.78, 5) is 0. The normalized spacial score (nSPS) is 9.28. The Morgan fingerprint density at radius 2 is 1.83 bits per heavy atom. The van der Waals surface area contributed by atoms with Crippen molar-refractivity contribution in [1.82, 2.24) is 0 Å². The Kier molecular flexibility index (Phi) is 3.27. The van der Waals surface area contributed by atoms with Gasteiger partial charge in [0.2, 0.25) is 0 Å². The molecule has 0 aromatic heterocycles. The van der Waals surface area contributed by atoms with Crippen molar-refractivity contribution in [3.63, 3.8) is 0 Å². The zero-order valence-electron chi connectivity index (χ0n) is 9.94. The summed E-state index contributed by atoms with van der Waals surface area (Å²) in [5.41, 5.74) is 3.81. The summed E-state index contributed by atoms with van der Waals surface area (Å²) in [5, 5.41) is 21.1. The van der Waals surface area contributed by atoms with E-state index in [1.807, 2.05) is 31.2 Å². The summed E-state index contributed by atoms with van der Waals surface area (Å²) in [5.74, 6) is 0. The first-order valence-electron chi connectivity index (χ1n) is 5.51. The van der Waals surface area contributed by atoms with Gasteiger partial charge in [-0.3, -0.25) is 0 Å². The molecule has 86 valence electrons. The Bertz CT molecular complexity index is 660. The zero-order chi connectivity index (χ0) is 13.0. The van der Waals surface area contributed by atoms with Gasteiger partial charge < -0.3 is 5.32 Å². The molecule has 0 amide bonds. The summed E-state index contributed by atoms with van der Waals surface area (Å²) in [6, 6.07) is 17.0. The predicted octanol–water partition coefficient (Wildman–Crippen LogP) is 3.48. The van der Waals surface area contributed by atoms with E-state index in [-0.39, 0.29) is 0 Å². The fourth-order valence-corrected chi connectivity index (χ4v) is 1.68. The molecule has 3 nitrogen and oxygen atoms in total. The summed E-state index contributed by atoms with van der Waals surface area (Å²) in [7, 11) is 0. The molecule has 3 heteroatoms. The summed E-state index contributed by atoms with van der Waals surface area (Å²) in [6.45, 7) is 1.97. The molecule has 1 N–H and O–H groups in total. The van der Waals surface area contributed by atoms with E-state index in [9.17, 15) is 0 Å². The molecule has 0 bridgehead atoms. The van der Waals surface area contributed by atoms with Crippen LogP contribution in [0.3, 0.4) is 0 Å². The van der Waals surface area contributed by atoms with Crippen LogP contribution < -0.4 is 5.32 Å². The van der Waals surface area contributed by atoms with Gasteiger partial charge in [-0.15, -0.1) is 0 Å². The Morgan fingerprint density at radius 3 is 2.56 bits per heavy atom. The van der Waals surface area contributed by atoms with Crippen molar-refractivity contribution >= 4 is 11.4 Å². The molecule has 2 aromatic carbocycles. The first-order valence-corrected chi connectivity index (χ1v) is 5.51. The first-order chi connectivity index (χ1) is 8.72. The van der Waals surface area contributed by atoms with Gasteiger partial charge >= 0.3 is 0 Å². The quantitative estimate of drug-likeness (QED) is 0.863. The second-order valence-corrected chi connectivity index (χ2v) is 3.98. The molecule has 0 saturated carbocycles. The fourth-order valence-electron chi connectivity index (χ4n) is 1.68. The van der Waals surface area contributed by atoms with E-state index in [2.05, 4.69) is 17.5 Å². The first kappa shape index (κ1) is 11.7. The lowest BCUT2D eigenvalue weighted by Crippen LogP contribution is -1.94. The van der Waals surface area contributed by atoms with E-state index < -0.39 is 0 Å². The van der Waals surface area contributed by atoms with E-state index >= 15 is 0 Å². The smallest absolute Gasteiger partial charge is 0.101 e. The topological polar surface area (TPSA) is 59.6 Å². The third-order valence-corrected chi connectivity index (χ3v) is 2.57. The number of rotatable bonds is 2. The Morgan fingerprint density at radius 1 is 1.00 bits per heavy atom. The van der Waals surface area contributed by atoms with E-state index in [0.717, 1.165) is 16.9 Å². The molecular weight excluding hydrogens is 222 g/mol. The maximum atomic E-state index is 9.05. The highest BCUT2D eigenvalue weighted by Crippen LogP contribution is 2.22. The lowest BCUT2D eigenvalue weighted by atomic mass is 10.1. The molecule has 0 aliphatic heterocycles. The fraction of sp³-hybridized carbons (Fsp3) is 0.0667. The third-order valence-electron chi connectivity index (χ3n) is 2.57. The Labute approximate surface area is 106 Å². The van der Waals surface area contributed by atoms with Crippen LogP contribution in [-0.2, 0) is 0 Å². The highest BCUT2D eigenvalue weighted by molar-refractivity contribution is 5.68. The molecule has 0 saturated heterocycles. The van der Waals surface area contributed by atoms with Crippen molar-refractivity contribution in [2.45, 2.75) is 6.92 Å². The van der Waals surface area contributed by atoms with Crippen LogP contribution in [0.1, 0.15) is 16.7 Å². The number of benzene rings is 2. The second-order valence-electron chi connectivity index (χ2n) is 3.98. The Balaban J connectivity index is 2.37. The monoisotopic (exact) mass is 233 g/mol. The van der Waals surface area contributed by atoms with Crippen LogP contribution in [0.4, 0.5) is 11.4 Å². The highest BCUT2D eigenvalue weighted by atomic mass is 14.9.